The highest BCUT2D eigenvalue weighted by Gasteiger charge is 2.39. The van der Waals surface area contributed by atoms with Gasteiger partial charge < -0.3 is 5.11 Å². The lowest BCUT2D eigenvalue weighted by atomic mass is 9.80. The maximum absolute atomic E-state index is 12.9. The van der Waals surface area contributed by atoms with Crippen LogP contribution in [-0.2, 0) is 9.74 Å². The third-order valence-electron chi connectivity index (χ3n) is 3.14. The fourth-order valence-electron chi connectivity index (χ4n) is 2.43. The average Bonchev–Trinajstić information content (AvgIpc) is 2.35. The molecule has 5 nitrogen and oxygen atoms in total. The van der Waals surface area contributed by atoms with E-state index in [1.807, 2.05) is 19.9 Å². The second-order valence-electron chi connectivity index (χ2n) is 4.97. The number of carbonyl (C=O) groups is 1. The molecule has 0 aliphatic heterocycles. The Labute approximate surface area is 118 Å². The summed E-state index contributed by atoms with van der Waals surface area (Å²) in [5.41, 5.74) is 0.689. The minimum Gasteiger partial charge on any atom is -0.478 e. The van der Waals surface area contributed by atoms with Crippen LogP contribution in [0, 0.1) is 16.7 Å². The van der Waals surface area contributed by atoms with Crippen molar-refractivity contribution >= 4 is 15.2 Å². The summed E-state index contributed by atoms with van der Waals surface area (Å²) in [5, 5.41) is 12.3. The Morgan fingerprint density at radius 3 is 2.60 bits per heavy atom. The minimum absolute atomic E-state index is 0.190. The molecule has 20 heavy (non-hydrogen) atoms. The molecule has 3 unspecified atom stereocenters. The summed E-state index contributed by atoms with van der Waals surface area (Å²) in [6.45, 7) is 5.48. The molecule has 1 N–H and O–H groups in total. The predicted molar refractivity (Wildman–Crippen MR) is 76.3 cm³/mol. The fraction of sp³-hybridized carbons (Fsp3) is 0.462. The van der Waals surface area contributed by atoms with E-state index < -0.39 is 17.9 Å². The quantitative estimate of drug-likeness (QED) is 0.480. The zero-order valence-corrected chi connectivity index (χ0v) is 12.6. The second-order valence-corrected chi connectivity index (χ2v) is 5.59. The molecule has 0 bridgehead atoms. The van der Waals surface area contributed by atoms with Crippen molar-refractivity contribution in [3.63, 3.8) is 0 Å². The Hall–Kier alpha value is -1.55. The van der Waals surface area contributed by atoms with Crippen molar-refractivity contribution in [3.8, 4) is 0 Å². The van der Waals surface area contributed by atoms with Gasteiger partial charge in [-0.25, -0.2) is 4.79 Å². The predicted octanol–water partition coefficient (Wildman–Crippen LogP) is 3.35. The van der Waals surface area contributed by atoms with Crippen molar-refractivity contribution in [2.45, 2.75) is 26.8 Å². The number of nitrogens with zero attached hydrogens (tertiary/aromatic N) is 1. The molecule has 0 saturated carbocycles. The zero-order valence-electron chi connectivity index (χ0n) is 11.5. The van der Waals surface area contributed by atoms with Crippen LogP contribution in [0.2, 0.25) is 0 Å². The largest absolute Gasteiger partial charge is 0.478 e. The molecule has 1 aliphatic rings. The van der Waals surface area contributed by atoms with Crippen molar-refractivity contribution < 1.29 is 19.4 Å². The van der Waals surface area contributed by atoms with Gasteiger partial charge in [0.15, 0.2) is 5.76 Å². The van der Waals surface area contributed by atoms with Crippen molar-refractivity contribution in [2.75, 3.05) is 0 Å². The van der Waals surface area contributed by atoms with Crippen LogP contribution in [0.15, 0.2) is 39.5 Å². The minimum atomic E-state index is -1.31. The summed E-state index contributed by atoms with van der Waals surface area (Å²) >= 11 is 0. The number of hydrogen-bond donors (Lipinski definition) is 1. The first-order valence-corrected chi connectivity index (χ1v) is 6.62. The molecule has 0 fully saturated rings. The molecule has 110 valence electrons. The number of carboxylic acid groups (broad SMARTS) is 1. The Morgan fingerprint density at radius 1 is 1.60 bits per heavy atom. The number of carboxylic acids is 1. The number of halogens is 1. The van der Waals surface area contributed by atoms with E-state index in [4.69, 9.17) is 5.11 Å². The van der Waals surface area contributed by atoms with Gasteiger partial charge in [-0.1, -0.05) is 23.7 Å². The van der Waals surface area contributed by atoms with E-state index in [1.54, 1.807) is 6.92 Å². The standard InChI is InChI=1S/C13H17FNO4P/c1-6(2)4-7(3)10-8(15-18)5-9(20)11(13(16)17)12(10)19-14/h4-5,7-8,10H,20H2,1-3H3,(H,16,17)/t7?,8?,10-/m0/s1. The van der Waals surface area contributed by atoms with Gasteiger partial charge in [-0.2, -0.15) is 4.91 Å². The van der Waals surface area contributed by atoms with Crippen LogP contribution in [0.1, 0.15) is 20.8 Å². The van der Waals surface area contributed by atoms with E-state index in [9.17, 15) is 14.2 Å². The Kier molecular flexibility index (Phi) is 5.57. The first-order chi connectivity index (χ1) is 9.33. The molecule has 4 atom stereocenters. The van der Waals surface area contributed by atoms with Crippen LogP contribution in [0.25, 0.3) is 0 Å². The van der Waals surface area contributed by atoms with Gasteiger partial charge in [0, 0.05) is 4.53 Å². The van der Waals surface area contributed by atoms with Gasteiger partial charge in [0.05, 0.1) is 5.92 Å². The van der Waals surface area contributed by atoms with Crippen molar-refractivity contribution in [3.05, 3.63) is 39.3 Å². The maximum atomic E-state index is 12.9. The number of aliphatic carboxylic acids is 1. The number of hydrogen-bond acceptors (Lipinski definition) is 4. The Bertz CT molecular complexity index is 509. The third kappa shape index (κ3) is 3.31. The highest BCUT2D eigenvalue weighted by atomic mass is 31.0. The van der Waals surface area contributed by atoms with Gasteiger partial charge in [-0.3, -0.25) is 4.94 Å². The van der Waals surface area contributed by atoms with E-state index in [0.717, 1.165) is 5.57 Å². The van der Waals surface area contributed by atoms with E-state index in [2.05, 4.69) is 19.4 Å². The molecule has 0 spiro atoms. The highest BCUT2D eigenvalue weighted by molar-refractivity contribution is 7.23. The number of rotatable bonds is 5. The molecule has 1 aliphatic carbocycles. The first kappa shape index (κ1) is 16.5. The molecule has 0 aromatic carbocycles. The second kappa shape index (κ2) is 6.75. The summed E-state index contributed by atoms with van der Waals surface area (Å²) < 4.78 is 12.9. The van der Waals surface area contributed by atoms with E-state index >= 15 is 0 Å². The van der Waals surface area contributed by atoms with E-state index in [1.165, 1.54) is 6.08 Å². The van der Waals surface area contributed by atoms with Crippen LogP contribution < -0.4 is 0 Å². The molecule has 0 heterocycles. The number of nitroso groups, excluding NO2 is 1. The van der Waals surface area contributed by atoms with Gasteiger partial charge in [0.2, 0.25) is 0 Å². The molecule has 0 saturated heterocycles. The van der Waals surface area contributed by atoms with Gasteiger partial charge in [-0.05, 0) is 31.2 Å². The smallest absolute Gasteiger partial charge is 0.339 e. The normalized spacial score (nSPS) is 23.8. The van der Waals surface area contributed by atoms with Gasteiger partial charge in [-0.15, -0.1) is 9.24 Å². The monoisotopic (exact) mass is 301 g/mol. The lowest BCUT2D eigenvalue weighted by Gasteiger charge is -2.29. The van der Waals surface area contributed by atoms with Crippen LogP contribution in [0.3, 0.4) is 0 Å². The fourth-order valence-corrected chi connectivity index (χ4v) is 2.89. The maximum Gasteiger partial charge on any atom is 0.339 e. The Morgan fingerprint density at radius 2 is 2.20 bits per heavy atom. The Balaban J connectivity index is 3.40. The topological polar surface area (TPSA) is 76.0 Å². The molecule has 0 aromatic rings. The lowest BCUT2D eigenvalue weighted by Crippen LogP contribution is -2.30. The molecular weight excluding hydrogens is 284 g/mol. The first-order valence-electron chi connectivity index (χ1n) is 6.04. The lowest BCUT2D eigenvalue weighted by molar-refractivity contribution is -0.135. The van der Waals surface area contributed by atoms with E-state index in [0.29, 0.717) is 0 Å². The molecule has 0 amide bonds. The molecule has 0 radical (unpaired) electrons. The van der Waals surface area contributed by atoms with Gasteiger partial charge in [0.1, 0.15) is 11.6 Å². The molecule has 1 rings (SSSR count). The summed E-state index contributed by atoms with van der Waals surface area (Å²) in [7, 11) is 2.16. The zero-order chi connectivity index (χ0) is 15.4. The molecule has 7 heteroatoms. The van der Waals surface area contributed by atoms with Gasteiger partial charge >= 0.3 is 5.97 Å². The summed E-state index contributed by atoms with van der Waals surface area (Å²) in [6.07, 6.45) is 3.23. The van der Waals surface area contributed by atoms with Crippen LogP contribution in [-0.4, -0.2) is 17.1 Å². The number of allylic oxidation sites excluding steroid dienone is 2. The van der Waals surface area contributed by atoms with Crippen molar-refractivity contribution in [1.82, 2.24) is 0 Å². The van der Waals surface area contributed by atoms with Crippen LogP contribution in [0.4, 0.5) is 4.53 Å². The molecular formula is C13H17FNO4P. The summed E-state index contributed by atoms with van der Waals surface area (Å²) in [6, 6.07) is -0.873. The van der Waals surface area contributed by atoms with Crippen molar-refractivity contribution in [2.24, 2.45) is 17.0 Å². The third-order valence-corrected chi connectivity index (χ3v) is 3.62. The summed E-state index contributed by atoms with van der Waals surface area (Å²) in [5.74, 6) is -2.74. The summed E-state index contributed by atoms with van der Waals surface area (Å²) in [4.78, 5) is 26.0. The van der Waals surface area contributed by atoms with Gasteiger partial charge in [0.25, 0.3) is 0 Å². The average molecular weight is 301 g/mol. The van der Waals surface area contributed by atoms with E-state index in [-0.39, 0.29) is 22.6 Å². The highest BCUT2D eigenvalue weighted by Crippen LogP contribution is 2.40. The van der Waals surface area contributed by atoms with Crippen molar-refractivity contribution in [1.29, 1.82) is 0 Å². The van der Waals surface area contributed by atoms with Crippen LogP contribution >= 0.6 is 9.24 Å². The SMILES string of the molecule is CC(C)=CC(C)[C@@H]1C(OF)=C(C(=O)O)C(P)=CC1N=O. The molecule has 0 aromatic heterocycles. The van der Waals surface area contributed by atoms with Crippen LogP contribution in [0.5, 0.6) is 0 Å².